The molecule has 1 aromatic rings. The molecule has 0 spiro atoms. The van der Waals surface area contributed by atoms with Crippen LogP contribution in [0.3, 0.4) is 0 Å². The molecule has 2 aliphatic heterocycles. The zero-order valence-corrected chi connectivity index (χ0v) is 14.5. The van der Waals surface area contributed by atoms with Crippen molar-refractivity contribution in [2.24, 2.45) is 0 Å². The molecular formula is C18H24FN3O3. The Morgan fingerprint density at radius 1 is 1.40 bits per heavy atom. The second kappa shape index (κ2) is 7.72. The molecule has 6 nitrogen and oxygen atoms in total. The quantitative estimate of drug-likeness (QED) is 0.881. The number of ether oxygens (including phenoxy) is 1. The summed E-state index contributed by atoms with van der Waals surface area (Å²) in [6.07, 6.45) is 2.66. The van der Waals surface area contributed by atoms with Crippen LogP contribution in [0.15, 0.2) is 18.2 Å². The number of carbonyl (C=O) groups excluding carboxylic acids is 2. The SMILES string of the molecule is COc1ccc(CCC(=O)N2CCC[C@@H](N3CCNC3=O)C2)cc1F. The second-order valence-corrected chi connectivity index (χ2v) is 6.53. The summed E-state index contributed by atoms with van der Waals surface area (Å²) in [5, 5.41) is 2.81. The van der Waals surface area contributed by atoms with E-state index in [1.807, 2.05) is 9.80 Å². The molecule has 0 aromatic heterocycles. The molecule has 1 aromatic carbocycles. The minimum atomic E-state index is -0.412. The molecule has 2 heterocycles. The largest absolute Gasteiger partial charge is 0.494 e. The molecular weight excluding hydrogens is 325 g/mol. The first-order valence-corrected chi connectivity index (χ1v) is 8.73. The van der Waals surface area contributed by atoms with Gasteiger partial charge in [-0.15, -0.1) is 0 Å². The Hall–Kier alpha value is -2.31. The highest BCUT2D eigenvalue weighted by molar-refractivity contribution is 5.78. The van der Waals surface area contributed by atoms with E-state index >= 15 is 0 Å². The minimum Gasteiger partial charge on any atom is -0.494 e. The number of carbonyl (C=O) groups is 2. The van der Waals surface area contributed by atoms with Gasteiger partial charge in [0.05, 0.1) is 13.2 Å². The Labute approximate surface area is 146 Å². The van der Waals surface area contributed by atoms with Crippen molar-refractivity contribution >= 4 is 11.9 Å². The molecule has 25 heavy (non-hydrogen) atoms. The number of hydrogen-bond acceptors (Lipinski definition) is 3. The highest BCUT2D eigenvalue weighted by atomic mass is 19.1. The van der Waals surface area contributed by atoms with Gasteiger partial charge in [-0.25, -0.2) is 9.18 Å². The lowest BCUT2D eigenvalue weighted by atomic mass is 10.0. The van der Waals surface area contributed by atoms with Gasteiger partial charge in [0.25, 0.3) is 0 Å². The van der Waals surface area contributed by atoms with Gasteiger partial charge in [0.1, 0.15) is 0 Å². The van der Waals surface area contributed by atoms with E-state index < -0.39 is 5.82 Å². The van der Waals surface area contributed by atoms with Crippen molar-refractivity contribution in [1.82, 2.24) is 15.1 Å². The summed E-state index contributed by atoms with van der Waals surface area (Å²) < 4.78 is 18.6. The Balaban J connectivity index is 1.54. The molecule has 0 radical (unpaired) electrons. The number of amides is 3. The van der Waals surface area contributed by atoms with E-state index in [2.05, 4.69) is 5.32 Å². The predicted octanol–water partition coefficient (Wildman–Crippen LogP) is 1.78. The molecule has 2 saturated heterocycles. The van der Waals surface area contributed by atoms with Gasteiger partial charge in [-0.05, 0) is 37.0 Å². The standard InChI is InChI=1S/C18H24FN3O3/c1-25-16-6-4-13(11-15(16)19)5-7-17(23)21-9-2-3-14(12-21)22-10-8-20-18(22)24/h4,6,11,14H,2-3,5,7-10,12H2,1H3,(H,20,24)/t14-/m1/s1. The topological polar surface area (TPSA) is 61.9 Å². The Morgan fingerprint density at radius 3 is 2.92 bits per heavy atom. The van der Waals surface area contributed by atoms with E-state index in [-0.39, 0.29) is 23.7 Å². The predicted molar refractivity (Wildman–Crippen MR) is 91.0 cm³/mol. The van der Waals surface area contributed by atoms with Crippen molar-refractivity contribution in [1.29, 1.82) is 0 Å². The number of nitrogens with zero attached hydrogens (tertiary/aromatic N) is 2. The lowest BCUT2D eigenvalue weighted by Gasteiger charge is -2.37. The first-order chi connectivity index (χ1) is 12.1. The molecule has 0 bridgehead atoms. The van der Waals surface area contributed by atoms with Crippen molar-refractivity contribution in [2.75, 3.05) is 33.3 Å². The van der Waals surface area contributed by atoms with Crippen LogP contribution in [0.4, 0.5) is 9.18 Å². The fourth-order valence-electron chi connectivity index (χ4n) is 3.55. The molecule has 1 N–H and O–H groups in total. The summed E-state index contributed by atoms with van der Waals surface area (Å²) in [7, 11) is 1.43. The van der Waals surface area contributed by atoms with Gasteiger partial charge >= 0.3 is 6.03 Å². The molecule has 0 saturated carbocycles. The Kier molecular flexibility index (Phi) is 5.40. The summed E-state index contributed by atoms with van der Waals surface area (Å²) in [6, 6.07) is 4.84. The van der Waals surface area contributed by atoms with Crippen LogP contribution >= 0.6 is 0 Å². The van der Waals surface area contributed by atoms with Crippen LogP contribution in [-0.4, -0.2) is 61.1 Å². The van der Waals surface area contributed by atoms with Crippen molar-refractivity contribution in [3.05, 3.63) is 29.6 Å². The highest BCUT2D eigenvalue weighted by Crippen LogP contribution is 2.21. The number of urea groups is 1. The molecule has 1 atom stereocenters. The zero-order valence-electron chi connectivity index (χ0n) is 14.5. The van der Waals surface area contributed by atoms with Gasteiger partial charge in [0.15, 0.2) is 11.6 Å². The highest BCUT2D eigenvalue weighted by Gasteiger charge is 2.32. The third-order valence-corrected chi connectivity index (χ3v) is 4.92. The number of benzene rings is 1. The van der Waals surface area contributed by atoms with Crippen LogP contribution < -0.4 is 10.1 Å². The number of rotatable bonds is 5. The maximum Gasteiger partial charge on any atom is 0.317 e. The summed E-state index contributed by atoms with van der Waals surface area (Å²) in [4.78, 5) is 28.0. The van der Waals surface area contributed by atoms with Gasteiger partial charge < -0.3 is 19.9 Å². The van der Waals surface area contributed by atoms with E-state index in [0.717, 1.165) is 24.9 Å². The summed E-state index contributed by atoms with van der Waals surface area (Å²) in [5.41, 5.74) is 0.777. The first-order valence-electron chi connectivity index (χ1n) is 8.73. The van der Waals surface area contributed by atoms with E-state index in [0.29, 0.717) is 32.5 Å². The third kappa shape index (κ3) is 4.03. The smallest absolute Gasteiger partial charge is 0.317 e. The van der Waals surface area contributed by atoms with Crippen LogP contribution in [0.2, 0.25) is 0 Å². The monoisotopic (exact) mass is 349 g/mol. The number of piperidine rings is 1. The Morgan fingerprint density at radius 2 is 2.24 bits per heavy atom. The maximum atomic E-state index is 13.7. The number of methoxy groups -OCH3 is 1. The number of likely N-dealkylation sites (tertiary alicyclic amines) is 1. The molecule has 136 valence electrons. The molecule has 7 heteroatoms. The van der Waals surface area contributed by atoms with Gasteiger partial charge in [-0.2, -0.15) is 0 Å². The lowest BCUT2D eigenvalue weighted by molar-refractivity contribution is -0.133. The average Bonchev–Trinajstić information content (AvgIpc) is 3.06. The average molecular weight is 349 g/mol. The Bertz CT molecular complexity index is 652. The number of halogens is 1. The van der Waals surface area contributed by atoms with Gasteiger partial charge in [0, 0.05) is 32.6 Å². The fraction of sp³-hybridized carbons (Fsp3) is 0.556. The molecule has 0 unspecified atom stereocenters. The first kappa shape index (κ1) is 17.5. The molecule has 2 aliphatic rings. The maximum absolute atomic E-state index is 13.7. The second-order valence-electron chi connectivity index (χ2n) is 6.53. The number of nitrogens with one attached hydrogen (secondary N) is 1. The van der Waals surface area contributed by atoms with Crippen molar-refractivity contribution < 1.29 is 18.7 Å². The minimum absolute atomic E-state index is 0.0343. The van der Waals surface area contributed by atoms with E-state index in [4.69, 9.17) is 4.74 Å². The van der Waals surface area contributed by atoms with Crippen LogP contribution in [0.25, 0.3) is 0 Å². The van der Waals surface area contributed by atoms with E-state index in [9.17, 15) is 14.0 Å². The van der Waals surface area contributed by atoms with E-state index in [1.54, 1.807) is 12.1 Å². The van der Waals surface area contributed by atoms with Crippen LogP contribution in [0.1, 0.15) is 24.8 Å². The van der Waals surface area contributed by atoms with Crippen molar-refractivity contribution in [2.45, 2.75) is 31.7 Å². The normalized spacial score (nSPS) is 20.6. The third-order valence-electron chi connectivity index (χ3n) is 4.92. The van der Waals surface area contributed by atoms with Gasteiger partial charge in [-0.3, -0.25) is 4.79 Å². The van der Waals surface area contributed by atoms with Crippen LogP contribution in [-0.2, 0) is 11.2 Å². The summed E-state index contributed by atoms with van der Waals surface area (Å²) >= 11 is 0. The summed E-state index contributed by atoms with van der Waals surface area (Å²) in [6.45, 7) is 2.69. The summed E-state index contributed by atoms with van der Waals surface area (Å²) in [5.74, 6) is -0.149. The molecule has 3 rings (SSSR count). The molecule has 3 amide bonds. The number of hydrogen-bond donors (Lipinski definition) is 1. The van der Waals surface area contributed by atoms with E-state index in [1.165, 1.54) is 13.2 Å². The molecule has 2 fully saturated rings. The van der Waals surface area contributed by atoms with Crippen LogP contribution in [0.5, 0.6) is 5.75 Å². The lowest BCUT2D eigenvalue weighted by Crippen LogP contribution is -2.50. The molecule has 0 aliphatic carbocycles. The fourth-order valence-corrected chi connectivity index (χ4v) is 3.55. The van der Waals surface area contributed by atoms with Crippen molar-refractivity contribution in [3.8, 4) is 5.75 Å². The zero-order chi connectivity index (χ0) is 17.8. The van der Waals surface area contributed by atoms with Gasteiger partial charge in [0.2, 0.25) is 5.91 Å². The van der Waals surface area contributed by atoms with Crippen LogP contribution in [0, 0.1) is 5.82 Å². The van der Waals surface area contributed by atoms with Crippen molar-refractivity contribution in [3.63, 3.8) is 0 Å². The van der Waals surface area contributed by atoms with Gasteiger partial charge in [-0.1, -0.05) is 6.07 Å². The number of aryl methyl sites for hydroxylation is 1.